The Morgan fingerprint density at radius 3 is 2.84 bits per heavy atom. The number of ether oxygens (including phenoxy) is 1. The first kappa shape index (κ1) is 14.5. The van der Waals surface area contributed by atoms with Gasteiger partial charge in [-0.25, -0.2) is 4.98 Å². The van der Waals surface area contributed by atoms with Crippen molar-refractivity contribution in [2.75, 3.05) is 39.4 Å². The topological polar surface area (TPSA) is 70.8 Å². The normalized spacial score (nSPS) is 20.4. The highest BCUT2D eigenvalue weighted by atomic mass is 16.5. The predicted molar refractivity (Wildman–Crippen MR) is 70.9 cm³/mol. The lowest BCUT2D eigenvalue weighted by molar-refractivity contribution is 0.0144. The van der Waals surface area contributed by atoms with Crippen LogP contribution < -0.4 is 5.32 Å². The van der Waals surface area contributed by atoms with E-state index in [0.717, 1.165) is 32.1 Å². The molecule has 6 nitrogen and oxygen atoms in total. The fraction of sp³-hybridized carbons (Fsp3) is 0.769. The van der Waals surface area contributed by atoms with Crippen molar-refractivity contribution in [3.05, 3.63) is 17.8 Å². The van der Waals surface area contributed by atoms with Crippen LogP contribution in [0.25, 0.3) is 0 Å². The van der Waals surface area contributed by atoms with E-state index in [9.17, 15) is 5.11 Å². The Hall–Kier alpha value is -0.950. The van der Waals surface area contributed by atoms with E-state index < -0.39 is 6.10 Å². The molecule has 0 radical (unpaired) electrons. The molecule has 2 unspecified atom stereocenters. The van der Waals surface area contributed by atoms with Crippen molar-refractivity contribution in [1.29, 1.82) is 0 Å². The number of aliphatic hydroxyl groups excluding tert-OH is 1. The van der Waals surface area contributed by atoms with Gasteiger partial charge in [-0.3, -0.25) is 4.90 Å². The van der Waals surface area contributed by atoms with Gasteiger partial charge in [0.25, 0.3) is 0 Å². The average molecular weight is 269 g/mol. The van der Waals surface area contributed by atoms with Gasteiger partial charge in [0, 0.05) is 26.2 Å². The number of hydrogen-bond acceptors (Lipinski definition) is 6. The molecule has 0 aliphatic carbocycles. The molecular weight excluding hydrogens is 246 g/mol. The Morgan fingerprint density at radius 2 is 2.21 bits per heavy atom. The Balaban J connectivity index is 1.69. The van der Waals surface area contributed by atoms with E-state index in [4.69, 9.17) is 9.15 Å². The summed E-state index contributed by atoms with van der Waals surface area (Å²) in [5, 5.41) is 13.2. The van der Waals surface area contributed by atoms with Gasteiger partial charge in [-0.15, -0.1) is 0 Å². The zero-order chi connectivity index (χ0) is 13.7. The highest BCUT2D eigenvalue weighted by molar-refractivity contribution is 4.95. The number of oxazole rings is 1. The number of nitrogens with zero attached hydrogens (tertiary/aromatic N) is 2. The van der Waals surface area contributed by atoms with Crippen LogP contribution in [0.2, 0.25) is 0 Å². The van der Waals surface area contributed by atoms with Crippen molar-refractivity contribution in [2.24, 2.45) is 0 Å². The lowest BCUT2D eigenvalue weighted by atomic mass is 10.2. The smallest absolute Gasteiger partial charge is 0.211 e. The molecule has 2 rings (SSSR count). The Morgan fingerprint density at radius 1 is 1.47 bits per heavy atom. The first-order chi connectivity index (χ1) is 9.15. The molecule has 0 bridgehead atoms. The monoisotopic (exact) mass is 269 g/mol. The molecule has 1 fully saturated rings. The molecule has 1 saturated heterocycles. The summed E-state index contributed by atoms with van der Waals surface area (Å²) >= 11 is 0. The first-order valence-corrected chi connectivity index (χ1v) is 6.79. The van der Waals surface area contributed by atoms with Gasteiger partial charge in [0.2, 0.25) is 5.89 Å². The number of morpholine rings is 1. The minimum Gasteiger partial charge on any atom is -0.444 e. The molecule has 6 heteroatoms. The van der Waals surface area contributed by atoms with Crippen molar-refractivity contribution in [3.63, 3.8) is 0 Å². The highest BCUT2D eigenvalue weighted by Gasteiger charge is 2.17. The lowest BCUT2D eigenvalue weighted by Crippen LogP contribution is -2.44. The van der Waals surface area contributed by atoms with E-state index in [-0.39, 0.29) is 6.04 Å². The molecule has 0 spiro atoms. The van der Waals surface area contributed by atoms with Crippen molar-refractivity contribution in [1.82, 2.24) is 15.2 Å². The third-order valence-electron chi connectivity index (χ3n) is 3.24. The quantitative estimate of drug-likeness (QED) is 0.775. The van der Waals surface area contributed by atoms with E-state index in [1.54, 1.807) is 6.20 Å². The molecule has 1 aromatic heterocycles. The second-order valence-electron chi connectivity index (χ2n) is 5.01. The zero-order valence-corrected chi connectivity index (χ0v) is 11.6. The minimum absolute atomic E-state index is 0.00744. The molecule has 19 heavy (non-hydrogen) atoms. The van der Waals surface area contributed by atoms with Gasteiger partial charge in [0.05, 0.1) is 31.6 Å². The van der Waals surface area contributed by atoms with Gasteiger partial charge in [-0.05, 0) is 13.8 Å². The van der Waals surface area contributed by atoms with E-state index in [2.05, 4.69) is 15.2 Å². The second-order valence-corrected chi connectivity index (χ2v) is 5.01. The molecule has 2 N–H and O–H groups in total. The second kappa shape index (κ2) is 7.00. The molecule has 108 valence electrons. The lowest BCUT2D eigenvalue weighted by Gasteiger charge is -2.28. The van der Waals surface area contributed by atoms with Gasteiger partial charge in [0.1, 0.15) is 5.76 Å². The van der Waals surface area contributed by atoms with E-state index in [1.807, 2.05) is 13.8 Å². The van der Waals surface area contributed by atoms with Crippen LogP contribution in [0.4, 0.5) is 0 Å². The summed E-state index contributed by atoms with van der Waals surface area (Å²) in [6, 6.07) is 0.00744. The molecule has 0 amide bonds. The minimum atomic E-state index is -0.392. The SMILES string of the molecule is Cc1cnc(C(C)NCC(O)CN2CCOCC2)o1. The molecule has 0 saturated carbocycles. The summed E-state index contributed by atoms with van der Waals surface area (Å²) in [7, 11) is 0. The number of β-amino-alcohol motifs (C(OH)–C–C–N with tert-alkyl or cyclic N) is 1. The Labute approximate surface area is 113 Å². The van der Waals surface area contributed by atoms with Crippen LogP contribution in [-0.4, -0.2) is 60.5 Å². The molecule has 2 atom stereocenters. The number of hydrogen-bond donors (Lipinski definition) is 2. The van der Waals surface area contributed by atoms with Gasteiger partial charge in [0.15, 0.2) is 0 Å². The van der Waals surface area contributed by atoms with Gasteiger partial charge in [-0.1, -0.05) is 0 Å². The fourth-order valence-corrected chi connectivity index (χ4v) is 2.12. The van der Waals surface area contributed by atoms with Crippen LogP contribution in [0, 0.1) is 6.92 Å². The summed E-state index contributed by atoms with van der Waals surface area (Å²) < 4.78 is 10.7. The summed E-state index contributed by atoms with van der Waals surface area (Å²) in [4.78, 5) is 6.39. The van der Waals surface area contributed by atoms with E-state index >= 15 is 0 Å². The Bertz CT molecular complexity index is 377. The maximum absolute atomic E-state index is 10.0. The Kier molecular flexibility index (Phi) is 5.33. The molecule has 1 aliphatic heterocycles. The maximum Gasteiger partial charge on any atom is 0.211 e. The number of aliphatic hydroxyl groups is 1. The highest BCUT2D eigenvalue weighted by Crippen LogP contribution is 2.11. The van der Waals surface area contributed by atoms with Crippen molar-refractivity contribution in [2.45, 2.75) is 26.0 Å². The van der Waals surface area contributed by atoms with Gasteiger partial charge in [-0.2, -0.15) is 0 Å². The maximum atomic E-state index is 10.0. The molecule has 0 aromatic carbocycles. The van der Waals surface area contributed by atoms with Crippen LogP contribution in [0.5, 0.6) is 0 Å². The van der Waals surface area contributed by atoms with Crippen LogP contribution in [0.1, 0.15) is 24.6 Å². The molecule has 2 heterocycles. The third kappa shape index (κ3) is 4.58. The van der Waals surface area contributed by atoms with E-state index in [0.29, 0.717) is 19.0 Å². The summed E-state index contributed by atoms with van der Waals surface area (Å²) in [6.45, 7) is 8.35. The average Bonchev–Trinajstić information content (AvgIpc) is 2.84. The summed E-state index contributed by atoms with van der Waals surface area (Å²) in [5.74, 6) is 1.47. The number of aryl methyl sites for hydroxylation is 1. The zero-order valence-electron chi connectivity index (χ0n) is 11.6. The number of rotatable bonds is 6. The molecule has 1 aliphatic rings. The third-order valence-corrected chi connectivity index (χ3v) is 3.24. The number of nitrogens with one attached hydrogen (secondary N) is 1. The molecule has 1 aromatic rings. The first-order valence-electron chi connectivity index (χ1n) is 6.79. The molecular formula is C13H23N3O3. The van der Waals surface area contributed by atoms with Gasteiger partial charge < -0.3 is 19.6 Å². The van der Waals surface area contributed by atoms with Crippen molar-refractivity contribution in [3.8, 4) is 0 Å². The largest absolute Gasteiger partial charge is 0.444 e. The van der Waals surface area contributed by atoms with Crippen LogP contribution in [0.15, 0.2) is 10.6 Å². The standard InChI is InChI=1S/C13H23N3O3/c1-10-7-15-13(19-10)11(2)14-8-12(17)9-16-3-5-18-6-4-16/h7,11-12,14,17H,3-6,8-9H2,1-2H3. The van der Waals surface area contributed by atoms with Crippen LogP contribution in [0.3, 0.4) is 0 Å². The van der Waals surface area contributed by atoms with Crippen molar-refractivity contribution < 1.29 is 14.3 Å². The van der Waals surface area contributed by atoms with Gasteiger partial charge >= 0.3 is 0 Å². The number of aromatic nitrogens is 1. The van der Waals surface area contributed by atoms with E-state index in [1.165, 1.54) is 0 Å². The summed E-state index contributed by atoms with van der Waals surface area (Å²) in [5.41, 5.74) is 0. The van der Waals surface area contributed by atoms with Crippen molar-refractivity contribution >= 4 is 0 Å². The van der Waals surface area contributed by atoms with Crippen LogP contribution in [-0.2, 0) is 4.74 Å². The fourth-order valence-electron chi connectivity index (χ4n) is 2.12. The summed E-state index contributed by atoms with van der Waals surface area (Å²) in [6.07, 6.45) is 1.31. The predicted octanol–water partition coefficient (Wildman–Crippen LogP) is 0.327. The van der Waals surface area contributed by atoms with Crippen LogP contribution >= 0.6 is 0 Å².